The molecule has 1 N–H and O–H groups in total. The van der Waals surface area contributed by atoms with Crippen molar-refractivity contribution in [3.63, 3.8) is 0 Å². The molecule has 1 fully saturated rings. The average molecular weight is 286 g/mol. The van der Waals surface area contributed by atoms with E-state index in [-0.39, 0.29) is 17.6 Å². The van der Waals surface area contributed by atoms with Gasteiger partial charge in [0.05, 0.1) is 7.11 Å². The van der Waals surface area contributed by atoms with E-state index in [1.54, 1.807) is 6.07 Å². The number of methoxy groups -OCH3 is 1. The number of benzene rings is 1. The summed E-state index contributed by atoms with van der Waals surface area (Å²) in [6.07, 6.45) is 2.75. The van der Waals surface area contributed by atoms with Gasteiger partial charge in [-0.1, -0.05) is 18.2 Å². The van der Waals surface area contributed by atoms with Crippen molar-refractivity contribution in [2.45, 2.75) is 25.3 Å². The maximum absolute atomic E-state index is 12.2. The van der Waals surface area contributed by atoms with E-state index in [2.05, 4.69) is 4.98 Å². The number of fused-ring (bicyclic) bond motifs is 1. The SMILES string of the molecule is COC(=O)C1CCCCN1c1cc2ccccc2c(=O)[nH]1. The number of pyridine rings is 1. The first-order chi connectivity index (χ1) is 10.2. The van der Waals surface area contributed by atoms with Gasteiger partial charge in [-0.25, -0.2) is 4.79 Å². The molecule has 0 spiro atoms. The molecule has 0 radical (unpaired) electrons. The molecule has 1 atom stereocenters. The molecule has 1 aliphatic heterocycles. The number of hydrogen-bond acceptors (Lipinski definition) is 4. The molecule has 1 aromatic heterocycles. The lowest BCUT2D eigenvalue weighted by molar-refractivity contribution is -0.142. The third kappa shape index (κ3) is 2.51. The second kappa shape index (κ2) is 5.60. The Labute approximate surface area is 122 Å². The number of anilines is 1. The number of hydrogen-bond donors (Lipinski definition) is 1. The van der Waals surface area contributed by atoms with Crippen LogP contribution in [0.4, 0.5) is 5.82 Å². The topological polar surface area (TPSA) is 62.4 Å². The third-order valence-electron chi connectivity index (χ3n) is 4.02. The summed E-state index contributed by atoms with van der Waals surface area (Å²) in [6.45, 7) is 0.744. The fraction of sp³-hybridized carbons (Fsp3) is 0.375. The van der Waals surface area contributed by atoms with Crippen LogP contribution in [0.2, 0.25) is 0 Å². The fourth-order valence-corrected chi connectivity index (χ4v) is 2.95. The molecule has 5 nitrogen and oxygen atoms in total. The summed E-state index contributed by atoms with van der Waals surface area (Å²) in [4.78, 5) is 29.0. The van der Waals surface area contributed by atoms with Crippen LogP contribution >= 0.6 is 0 Å². The van der Waals surface area contributed by atoms with E-state index in [0.29, 0.717) is 11.2 Å². The van der Waals surface area contributed by atoms with E-state index < -0.39 is 0 Å². The van der Waals surface area contributed by atoms with Crippen LogP contribution in [0.1, 0.15) is 19.3 Å². The quantitative estimate of drug-likeness (QED) is 0.858. The molecule has 5 heteroatoms. The fourth-order valence-electron chi connectivity index (χ4n) is 2.95. The van der Waals surface area contributed by atoms with Gasteiger partial charge in [0.25, 0.3) is 5.56 Å². The highest BCUT2D eigenvalue weighted by molar-refractivity contribution is 5.85. The van der Waals surface area contributed by atoms with E-state index in [1.165, 1.54) is 7.11 Å². The van der Waals surface area contributed by atoms with Crippen LogP contribution < -0.4 is 10.5 Å². The summed E-state index contributed by atoms with van der Waals surface area (Å²) in [7, 11) is 1.40. The average Bonchev–Trinajstić information content (AvgIpc) is 2.54. The maximum Gasteiger partial charge on any atom is 0.328 e. The Bertz CT molecular complexity index is 723. The lowest BCUT2D eigenvalue weighted by atomic mass is 10.0. The van der Waals surface area contributed by atoms with Gasteiger partial charge in [-0.3, -0.25) is 4.79 Å². The van der Waals surface area contributed by atoms with E-state index in [1.807, 2.05) is 29.2 Å². The monoisotopic (exact) mass is 286 g/mol. The Morgan fingerprint density at radius 1 is 1.33 bits per heavy atom. The molecule has 110 valence electrons. The summed E-state index contributed by atoms with van der Waals surface area (Å²) in [5, 5.41) is 1.54. The molecule has 2 heterocycles. The number of esters is 1. The van der Waals surface area contributed by atoms with Crippen molar-refractivity contribution in [2.24, 2.45) is 0 Å². The number of carbonyl (C=O) groups is 1. The maximum atomic E-state index is 12.2. The van der Waals surface area contributed by atoms with Gasteiger partial charge in [-0.2, -0.15) is 0 Å². The minimum atomic E-state index is -0.319. The Hall–Kier alpha value is -2.30. The number of piperidine rings is 1. The highest BCUT2D eigenvalue weighted by atomic mass is 16.5. The molecule has 0 aliphatic carbocycles. The van der Waals surface area contributed by atoms with Crippen LogP contribution in [-0.4, -0.2) is 30.6 Å². The number of nitrogens with one attached hydrogen (secondary N) is 1. The van der Waals surface area contributed by atoms with Crippen LogP contribution in [0.25, 0.3) is 10.8 Å². The molecule has 0 saturated carbocycles. The second-order valence-corrected chi connectivity index (χ2v) is 5.30. The van der Waals surface area contributed by atoms with Gasteiger partial charge in [0.1, 0.15) is 11.9 Å². The van der Waals surface area contributed by atoms with Crippen LogP contribution in [0.15, 0.2) is 35.1 Å². The van der Waals surface area contributed by atoms with Crippen molar-refractivity contribution in [3.8, 4) is 0 Å². The first-order valence-electron chi connectivity index (χ1n) is 7.17. The number of nitrogens with zero attached hydrogens (tertiary/aromatic N) is 1. The number of aromatic nitrogens is 1. The summed E-state index contributed by atoms with van der Waals surface area (Å²) in [5.41, 5.74) is -0.128. The molecular weight excluding hydrogens is 268 g/mol. The molecule has 3 rings (SSSR count). The molecular formula is C16H18N2O3. The predicted octanol–water partition coefficient (Wildman–Crippen LogP) is 2.06. The standard InChI is InChI=1S/C16H18N2O3/c1-21-16(20)13-8-4-5-9-18(13)14-10-11-6-2-3-7-12(11)15(19)17-14/h2-3,6-7,10,13H,4-5,8-9H2,1H3,(H,17,19). The summed E-state index contributed by atoms with van der Waals surface area (Å²) in [5.74, 6) is 0.442. The van der Waals surface area contributed by atoms with Gasteiger partial charge in [0, 0.05) is 11.9 Å². The minimum Gasteiger partial charge on any atom is -0.467 e. The molecule has 0 amide bonds. The Morgan fingerprint density at radius 2 is 2.14 bits per heavy atom. The molecule has 21 heavy (non-hydrogen) atoms. The van der Waals surface area contributed by atoms with Crippen LogP contribution in [-0.2, 0) is 9.53 Å². The Kier molecular flexibility index (Phi) is 3.64. The normalized spacial score (nSPS) is 18.7. The van der Waals surface area contributed by atoms with Crippen molar-refractivity contribution >= 4 is 22.6 Å². The van der Waals surface area contributed by atoms with E-state index in [4.69, 9.17) is 4.74 Å². The van der Waals surface area contributed by atoms with Crippen LogP contribution in [0.5, 0.6) is 0 Å². The lowest BCUT2D eigenvalue weighted by Gasteiger charge is -2.35. The number of ether oxygens (including phenoxy) is 1. The highest BCUT2D eigenvalue weighted by Gasteiger charge is 2.30. The van der Waals surface area contributed by atoms with Crippen molar-refractivity contribution in [1.29, 1.82) is 0 Å². The molecule has 1 aromatic carbocycles. The molecule has 1 saturated heterocycles. The largest absolute Gasteiger partial charge is 0.467 e. The van der Waals surface area contributed by atoms with Gasteiger partial charge >= 0.3 is 5.97 Å². The van der Waals surface area contributed by atoms with Gasteiger partial charge in [-0.05, 0) is 36.8 Å². The van der Waals surface area contributed by atoms with Crippen molar-refractivity contribution in [2.75, 3.05) is 18.6 Å². The van der Waals surface area contributed by atoms with Gasteiger partial charge < -0.3 is 14.6 Å². The van der Waals surface area contributed by atoms with E-state index in [9.17, 15) is 9.59 Å². The number of H-pyrrole nitrogens is 1. The first kappa shape index (κ1) is 13.7. The van der Waals surface area contributed by atoms with E-state index >= 15 is 0 Å². The predicted molar refractivity (Wildman–Crippen MR) is 81.6 cm³/mol. The number of carbonyl (C=O) groups excluding carboxylic acids is 1. The molecule has 2 aromatic rings. The number of rotatable bonds is 2. The van der Waals surface area contributed by atoms with Crippen molar-refractivity contribution in [1.82, 2.24) is 4.98 Å². The minimum absolute atomic E-state index is 0.128. The summed E-state index contributed by atoms with van der Waals surface area (Å²) < 4.78 is 4.89. The molecule has 1 unspecified atom stereocenters. The Morgan fingerprint density at radius 3 is 2.95 bits per heavy atom. The zero-order chi connectivity index (χ0) is 14.8. The zero-order valence-electron chi connectivity index (χ0n) is 12.0. The van der Waals surface area contributed by atoms with Gasteiger partial charge in [0.2, 0.25) is 0 Å². The van der Waals surface area contributed by atoms with E-state index in [0.717, 1.165) is 31.2 Å². The van der Waals surface area contributed by atoms with Crippen LogP contribution in [0.3, 0.4) is 0 Å². The second-order valence-electron chi connectivity index (χ2n) is 5.30. The van der Waals surface area contributed by atoms with Crippen LogP contribution in [0, 0.1) is 0 Å². The lowest BCUT2D eigenvalue weighted by Crippen LogP contribution is -2.46. The third-order valence-corrected chi connectivity index (χ3v) is 4.02. The summed E-state index contributed by atoms with van der Waals surface area (Å²) in [6, 6.07) is 9.06. The molecule has 1 aliphatic rings. The zero-order valence-corrected chi connectivity index (χ0v) is 12.0. The molecule has 0 bridgehead atoms. The first-order valence-corrected chi connectivity index (χ1v) is 7.17. The van der Waals surface area contributed by atoms with Gasteiger partial charge in [-0.15, -0.1) is 0 Å². The Balaban J connectivity index is 2.05. The van der Waals surface area contributed by atoms with Crippen molar-refractivity contribution in [3.05, 3.63) is 40.7 Å². The smallest absolute Gasteiger partial charge is 0.328 e. The van der Waals surface area contributed by atoms with Gasteiger partial charge in [0.15, 0.2) is 0 Å². The highest BCUT2D eigenvalue weighted by Crippen LogP contribution is 2.25. The summed E-state index contributed by atoms with van der Waals surface area (Å²) >= 11 is 0. The van der Waals surface area contributed by atoms with Crippen molar-refractivity contribution < 1.29 is 9.53 Å². The number of aromatic amines is 1.